The van der Waals surface area contributed by atoms with Gasteiger partial charge in [0.05, 0.1) is 5.56 Å². The molecular formula is C28H28N6O2. The Hall–Kier alpha value is -4.38. The second-order valence-electron chi connectivity index (χ2n) is 9.45. The number of anilines is 2. The first kappa shape index (κ1) is 23.4. The topological polar surface area (TPSA) is 108 Å². The largest absolute Gasteiger partial charge is 0.457 e. The minimum atomic E-state index is -0.248. The number of carbonyl (C=O) groups excluding carboxylic acids is 1. The molecule has 0 bridgehead atoms. The molecule has 5 rings (SSSR count). The number of nitrogen functional groups attached to an aromatic ring is 1. The average molecular weight is 481 g/mol. The van der Waals surface area contributed by atoms with E-state index < -0.39 is 0 Å². The van der Waals surface area contributed by atoms with Crippen molar-refractivity contribution < 1.29 is 9.53 Å². The third-order valence-corrected chi connectivity index (χ3v) is 7.22. The van der Waals surface area contributed by atoms with Crippen LogP contribution in [0, 0.1) is 16.7 Å². The smallest absolute Gasteiger partial charge is 0.263 e. The number of likely N-dealkylation sites (tertiary alicyclic amines) is 1. The number of amides is 1. The lowest BCUT2D eigenvalue weighted by molar-refractivity contribution is -0.126. The maximum absolute atomic E-state index is 12.4. The van der Waals surface area contributed by atoms with Crippen LogP contribution >= 0.6 is 0 Å². The van der Waals surface area contributed by atoms with Gasteiger partial charge in [-0.1, -0.05) is 36.9 Å². The predicted octanol–water partition coefficient (Wildman–Crippen LogP) is 4.42. The highest BCUT2D eigenvalue weighted by Crippen LogP contribution is 2.43. The molecule has 2 N–H and O–H groups in total. The zero-order valence-electron chi connectivity index (χ0n) is 20.1. The number of para-hydroxylation sites is 1. The summed E-state index contributed by atoms with van der Waals surface area (Å²) in [5, 5.41) is 9.02. The average Bonchev–Trinajstić information content (AvgIpc) is 3.32. The molecule has 3 heterocycles. The van der Waals surface area contributed by atoms with Crippen molar-refractivity contribution in [2.45, 2.75) is 19.3 Å². The molecule has 1 spiro atoms. The van der Waals surface area contributed by atoms with Gasteiger partial charge in [0, 0.05) is 26.2 Å². The standard InChI is InChI=1S/C28H28N6O2/c1-20(17-29)27(35)34-16-13-28(18-34)11-14-33(15-12-28)26-24(25(30)31-19-32-26)21-7-9-23(10-8-21)36-22-5-3-2-4-6-22/h2-10,19H,1,11-16,18H2,(H2,30,31,32). The van der Waals surface area contributed by atoms with Gasteiger partial charge in [0.25, 0.3) is 5.91 Å². The molecule has 1 aromatic heterocycles. The van der Waals surface area contributed by atoms with Gasteiger partial charge in [0.15, 0.2) is 0 Å². The monoisotopic (exact) mass is 480 g/mol. The molecule has 0 atom stereocenters. The Kier molecular flexibility index (Phi) is 6.30. The fraction of sp³-hybridized carbons (Fsp3) is 0.286. The highest BCUT2D eigenvalue weighted by molar-refractivity contribution is 5.96. The quantitative estimate of drug-likeness (QED) is 0.425. The van der Waals surface area contributed by atoms with Crippen LogP contribution in [0.4, 0.5) is 11.6 Å². The Morgan fingerprint density at radius 1 is 1.00 bits per heavy atom. The van der Waals surface area contributed by atoms with Gasteiger partial charge >= 0.3 is 0 Å². The lowest BCUT2D eigenvalue weighted by atomic mass is 9.77. The first-order valence-electron chi connectivity index (χ1n) is 12.1. The van der Waals surface area contributed by atoms with Crippen LogP contribution in [0.2, 0.25) is 0 Å². The van der Waals surface area contributed by atoms with E-state index in [0.29, 0.717) is 18.9 Å². The summed E-state index contributed by atoms with van der Waals surface area (Å²) in [6, 6.07) is 19.3. The Balaban J connectivity index is 1.31. The molecule has 8 nitrogen and oxygen atoms in total. The zero-order valence-corrected chi connectivity index (χ0v) is 20.1. The number of nitrogens with zero attached hydrogens (tertiary/aromatic N) is 5. The molecule has 1 amide bonds. The molecule has 3 aromatic rings. The number of carbonyl (C=O) groups is 1. The number of piperidine rings is 1. The van der Waals surface area contributed by atoms with Crippen molar-refractivity contribution in [1.82, 2.24) is 14.9 Å². The van der Waals surface area contributed by atoms with Crippen LogP contribution in [0.5, 0.6) is 11.5 Å². The minimum absolute atomic E-state index is 0.00535. The highest BCUT2D eigenvalue weighted by Gasteiger charge is 2.42. The summed E-state index contributed by atoms with van der Waals surface area (Å²) in [5.74, 6) is 2.52. The second-order valence-corrected chi connectivity index (χ2v) is 9.45. The third kappa shape index (κ3) is 4.60. The number of benzene rings is 2. The number of hydrogen-bond donors (Lipinski definition) is 1. The van der Waals surface area contributed by atoms with Gasteiger partial charge in [-0.3, -0.25) is 4.79 Å². The van der Waals surface area contributed by atoms with Crippen molar-refractivity contribution in [2.24, 2.45) is 5.41 Å². The van der Waals surface area contributed by atoms with Crippen LogP contribution < -0.4 is 15.4 Å². The molecule has 2 aliphatic heterocycles. The van der Waals surface area contributed by atoms with E-state index in [1.165, 1.54) is 6.33 Å². The van der Waals surface area contributed by atoms with Gasteiger partial charge < -0.3 is 20.3 Å². The van der Waals surface area contributed by atoms with E-state index in [9.17, 15) is 4.79 Å². The first-order chi connectivity index (χ1) is 17.5. The normalized spacial score (nSPS) is 16.5. The van der Waals surface area contributed by atoms with Crippen molar-refractivity contribution in [2.75, 3.05) is 36.8 Å². The lowest BCUT2D eigenvalue weighted by Crippen LogP contribution is -2.43. The summed E-state index contributed by atoms with van der Waals surface area (Å²) < 4.78 is 5.92. The fourth-order valence-electron chi connectivity index (χ4n) is 5.17. The number of nitrogens with two attached hydrogens (primary N) is 1. The minimum Gasteiger partial charge on any atom is -0.457 e. The molecule has 2 aromatic carbocycles. The first-order valence-corrected chi connectivity index (χ1v) is 12.1. The third-order valence-electron chi connectivity index (χ3n) is 7.22. The molecule has 8 heteroatoms. The van der Waals surface area contributed by atoms with Crippen LogP contribution in [0.3, 0.4) is 0 Å². The summed E-state index contributed by atoms with van der Waals surface area (Å²) >= 11 is 0. The summed E-state index contributed by atoms with van der Waals surface area (Å²) in [6.45, 7) is 6.53. The van der Waals surface area contributed by atoms with E-state index in [1.54, 1.807) is 4.90 Å². The summed E-state index contributed by atoms with van der Waals surface area (Å²) in [5.41, 5.74) is 8.15. The van der Waals surface area contributed by atoms with E-state index in [1.807, 2.05) is 60.7 Å². The van der Waals surface area contributed by atoms with E-state index in [0.717, 1.165) is 60.8 Å². The summed E-state index contributed by atoms with van der Waals surface area (Å²) in [7, 11) is 0. The van der Waals surface area contributed by atoms with Crippen molar-refractivity contribution >= 4 is 17.5 Å². The van der Waals surface area contributed by atoms with E-state index in [-0.39, 0.29) is 16.9 Å². The molecule has 0 aliphatic carbocycles. The van der Waals surface area contributed by atoms with E-state index in [2.05, 4.69) is 21.4 Å². The lowest BCUT2D eigenvalue weighted by Gasteiger charge is -2.40. The van der Waals surface area contributed by atoms with Gasteiger partial charge in [0.2, 0.25) is 0 Å². The van der Waals surface area contributed by atoms with Gasteiger partial charge in [-0.25, -0.2) is 9.97 Å². The molecular weight excluding hydrogens is 452 g/mol. The van der Waals surface area contributed by atoms with Crippen LogP contribution in [-0.4, -0.2) is 47.0 Å². The molecule has 182 valence electrons. The molecule has 0 radical (unpaired) electrons. The number of hydrogen-bond acceptors (Lipinski definition) is 7. The Bertz CT molecular complexity index is 1310. The Morgan fingerprint density at radius 3 is 2.36 bits per heavy atom. The maximum Gasteiger partial charge on any atom is 0.263 e. The van der Waals surface area contributed by atoms with Gasteiger partial charge in [-0.05, 0) is 54.5 Å². The van der Waals surface area contributed by atoms with Crippen molar-refractivity contribution in [3.63, 3.8) is 0 Å². The highest BCUT2D eigenvalue weighted by atomic mass is 16.5. The van der Waals surface area contributed by atoms with Crippen LogP contribution in [-0.2, 0) is 4.79 Å². The van der Waals surface area contributed by atoms with Gasteiger partial charge in [0.1, 0.15) is 41.1 Å². The van der Waals surface area contributed by atoms with Crippen LogP contribution in [0.15, 0.2) is 73.1 Å². The summed E-state index contributed by atoms with van der Waals surface area (Å²) in [4.78, 5) is 25.3. The van der Waals surface area contributed by atoms with E-state index in [4.69, 9.17) is 15.7 Å². The number of aromatic nitrogens is 2. The SMILES string of the molecule is C=C(C#N)C(=O)N1CCC2(CCN(c3ncnc(N)c3-c3ccc(Oc4ccccc4)cc3)CC2)C1. The van der Waals surface area contributed by atoms with Crippen molar-refractivity contribution in [1.29, 1.82) is 5.26 Å². The predicted molar refractivity (Wildman–Crippen MR) is 138 cm³/mol. The Morgan fingerprint density at radius 2 is 1.67 bits per heavy atom. The van der Waals surface area contributed by atoms with Crippen LogP contribution in [0.25, 0.3) is 11.1 Å². The second kappa shape index (κ2) is 9.70. The van der Waals surface area contributed by atoms with Crippen molar-refractivity contribution in [3.05, 3.63) is 73.1 Å². The maximum atomic E-state index is 12.4. The molecule has 2 aliphatic rings. The van der Waals surface area contributed by atoms with Gasteiger partial charge in [-0.15, -0.1) is 0 Å². The molecule has 0 saturated carbocycles. The van der Waals surface area contributed by atoms with E-state index >= 15 is 0 Å². The van der Waals surface area contributed by atoms with Gasteiger partial charge in [-0.2, -0.15) is 5.26 Å². The van der Waals surface area contributed by atoms with Crippen molar-refractivity contribution in [3.8, 4) is 28.7 Å². The number of nitriles is 1. The molecule has 0 unspecified atom stereocenters. The van der Waals surface area contributed by atoms with Crippen LogP contribution in [0.1, 0.15) is 19.3 Å². The fourth-order valence-corrected chi connectivity index (χ4v) is 5.17. The molecule has 2 fully saturated rings. The summed E-state index contributed by atoms with van der Waals surface area (Å²) in [6.07, 6.45) is 4.31. The molecule has 2 saturated heterocycles. The Labute approximate surface area is 210 Å². The number of rotatable bonds is 5. The zero-order chi connectivity index (χ0) is 25.1. The molecule has 36 heavy (non-hydrogen) atoms. The number of ether oxygens (including phenoxy) is 1.